The Bertz CT molecular complexity index is 681. The molecule has 0 unspecified atom stereocenters. The monoisotopic (exact) mass is 318 g/mol. The molecular weight excluding hydrogens is 300 g/mol. The number of aromatic nitrogens is 1. The summed E-state index contributed by atoms with van der Waals surface area (Å²) in [5.74, 6) is -0.262. The van der Waals surface area contributed by atoms with Gasteiger partial charge in [-0.2, -0.15) is 5.26 Å². The number of hydrogen-bond donors (Lipinski definition) is 1. The van der Waals surface area contributed by atoms with Gasteiger partial charge in [-0.15, -0.1) is 0 Å². The van der Waals surface area contributed by atoms with Crippen molar-refractivity contribution in [1.82, 2.24) is 15.2 Å². The second-order valence-electron chi connectivity index (χ2n) is 5.22. The van der Waals surface area contributed by atoms with Crippen LogP contribution >= 0.6 is 11.8 Å². The fraction of sp³-hybridized carbons (Fsp3) is 0.467. The zero-order chi connectivity index (χ0) is 16.4. The van der Waals surface area contributed by atoms with Gasteiger partial charge >= 0.3 is 6.03 Å². The minimum Gasteiger partial charge on any atom is -0.336 e. The lowest BCUT2D eigenvalue weighted by Gasteiger charge is -2.18. The van der Waals surface area contributed by atoms with E-state index in [2.05, 4.69) is 16.4 Å². The van der Waals surface area contributed by atoms with Crippen LogP contribution in [-0.4, -0.2) is 40.2 Å². The third-order valence-electron chi connectivity index (χ3n) is 3.83. The van der Waals surface area contributed by atoms with Crippen LogP contribution in [0.1, 0.15) is 29.3 Å². The Kier molecular flexibility index (Phi) is 4.71. The van der Waals surface area contributed by atoms with Gasteiger partial charge in [0.15, 0.2) is 0 Å². The molecule has 0 aliphatic carbocycles. The van der Waals surface area contributed by atoms with Crippen LogP contribution in [0.25, 0.3) is 0 Å². The number of rotatable bonds is 3. The van der Waals surface area contributed by atoms with Crippen molar-refractivity contribution >= 4 is 23.7 Å². The smallest absolute Gasteiger partial charge is 0.324 e. The van der Waals surface area contributed by atoms with Crippen molar-refractivity contribution < 1.29 is 9.59 Å². The molecule has 1 aliphatic rings. The normalized spacial score (nSPS) is 15.4. The lowest BCUT2D eigenvalue weighted by Crippen LogP contribution is -2.39. The van der Waals surface area contributed by atoms with Crippen LogP contribution in [0.5, 0.6) is 0 Å². The molecule has 0 aromatic carbocycles. The van der Waals surface area contributed by atoms with Gasteiger partial charge in [0.25, 0.3) is 0 Å². The fourth-order valence-electron chi connectivity index (χ4n) is 2.25. The Morgan fingerprint density at radius 1 is 1.41 bits per heavy atom. The Balaban J connectivity index is 2.25. The highest BCUT2D eigenvalue weighted by Crippen LogP contribution is 2.30. The van der Waals surface area contributed by atoms with Crippen LogP contribution in [0, 0.1) is 32.1 Å². The first-order valence-electron chi connectivity index (χ1n) is 7.00. The maximum absolute atomic E-state index is 12.3. The third kappa shape index (κ3) is 2.92. The minimum absolute atomic E-state index is 0.262. The van der Waals surface area contributed by atoms with Crippen molar-refractivity contribution in [3.8, 4) is 6.07 Å². The van der Waals surface area contributed by atoms with E-state index in [1.165, 1.54) is 16.7 Å². The topological polar surface area (TPSA) is 86.1 Å². The Hall–Kier alpha value is -2.07. The zero-order valence-electron chi connectivity index (χ0n) is 13.1. The van der Waals surface area contributed by atoms with Crippen LogP contribution in [0.2, 0.25) is 0 Å². The van der Waals surface area contributed by atoms with E-state index in [-0.39, 0.29) is 11.9 Å². The van der Waals surface area contributed by atoms with E-state index < -0.39 is 5.25 Å². The largest absolute Gasteiger partial charge is 0.336 e. The average Bonchev–Trinajstić information content (AvgIpc) is 2.90. The highest BCUT2D eigenvalue weighted by molar-refractivity contribution is 8.00. The molecule has 2 heterocycles. The average molecular weight is 318 g/mol. The Labute approximate surface area is 133 Å². The quantitative estimate of drug-likeness (QED) is 0.860. The summed E-state index contributed by atoms with van der Waals surface area (Å²) in [5.41, 5.74) is 3.21. The molecule has 0 bridgehead atoms. The lowest BCUT2D eigenvalue weighted by molar-refractivity contribution is -0.126. The first kappa shape index (κ1) is 16.3. The lowest BCUT2D eigenvalue weighted by atomic mass is 10.1. The van der Waals surface area contributed by atoms with Gasteiger partial charge in [0.2, 0.25) is 5.91 Å². The summed E-state index contributed by atoms with van der Waals surface area (Å²) < 4.78 is 0. The first-order valence-corrected chi connectivity index (χ1v) is 7.88. The van der Waals surface area contributed by atoms with Gasteiger partial charge in [0.05, 0.1) is 10.8 Å². The molecule has 1 fully saturated rings. The summed E-state index contributed by atoms with van der Waals surface area (Å²) in [5, 5.41) is 12.0. The number of carbonyl (C=O) groups is 2. The SMILES string of the molecule is Cc1nc(S[C@@H](C)C(=O)N2CCNC2=O)c(C#N)c(C)c1C. The van der Waals surface area contributed by atoms with E-state index in [0.29, 0.717) is 23.7 Å². The fourth-order valence-corrected chi connectivity index (χ4v) is 3.32. The number of urea groups is 1. The molecule has 116 valence electrons. The molecule has 6 nitrogen and oxygen atoms in total. The van der Waals surface area contributed by atoms with Crippen molar-refractivity contribution in [2.24, 2.45) is 0 Å². The van der Waals surface area contributed by atoms with E-state index in [1.54, 1.807) is 6.92 Å². The molecule has 3 amide bonds. The predicted octanol–water partition coefficient (Wildman–Crippen LogP) is 1.91. The molecule has 1 aromatic heterocycles. The first-order chi connectivity index (χ1) is 10.4. The second kappa shape index (κ2) is 6.36. The summed E-state index contributed by atoms with van der Waals surface area (Å²) in [6, 6.07) is 1.81. The standard InChI is InChI=1S/C15H18N4O2S/c1-8-9(2)12(7-16)13(18-10(8)3)22-11(4)14(20)19-6-5-17-15(19)21/h11H,5-6H2,1-4H3,(H,17,21)/t11-/m0/s1. The number of hydrogen-bond acceptors (Lipinski definition) is 5. The van der Waals surface area contributed by atoms with Crippen LogP contribution in [0.15, 0.2) is 5.03 Å². The van der Waals surface area contributed by atoms with Gasteiger partial charge < -0.3 is 5.32 Å². The third-order valence-corrected chi connectivity index (χ3v) is 4.91. The number of nitriles is 1. The highest BCUT2D eigenvalue weighted by Gasteiger charge is 2.31. The number of carbonyl (C=O) groups excluding carboxylic acids is 2. The maximum Gasteiger partial charge on any atom is 0.324 e. The molecule has 7 heteroatoms. The molecule has 22 heavy (non-hydrogen) atoms. The van der Waals surface area contributed by atoms with Crippen molar-refractivity contribution in [1.29, 1.82) is 5.26 Å². The van der Waals surface area contributed by atoms with Gasteiger partial charge in [0.1, 0.15) is 11.1 Å². The molecule has 0 saturated carbocycles. The van der Waals surface area contributed by atoms with Crippen molar-refractivity contribution in [2.45, 2.75) is 38.0 Å². The number of nitrogens with zero attached hydrogens (tertiary/aromatic N) is 3. The van der Waals surface area contributed by atoms with E-state index in [0.717, 1.165) is 16.8 Å². The highest BCUT2D eigenvalue weighted by atomic mass is 32.2. The second-order valence-corrected chi connectivity index (χ2v) is 6.55. The molecule has 0 spiro atoms. The van der Waals surface area contributed by atoms with Crippen molar-refractivity contribution in [3.63, 3.8) is 0 Å². The molecular formula is C15H18N4O2S. The van der Waals surface area contributed by atoms with Crippen LogP contribution in [-0.2, 0) is 4.79 Å². The molecule has 0 radical (unpaired) electrons. The number of thioether (sulfide) groups is 1. The maximum atomic E-state index is 12.3. The van der Waals surface area contributed by atoms with E-state index in [1.807, 2.05) is 20.8 Å². The summed E-state index contributed by atoms with van der Waals surface area (Å²) >= 11 is 1.22. The number of pyridine rings is 1. The van der Waals surface area contributed by atoms with E-state index in [4.69, 9.17) is 0 Å². The van der Waals surface area contributed by atoms with Crippen LogP contribution in [0.4, 0.5) is 4.79 Å². The summed E-state index contributed by atoms with van der Waals surface area (Å²) in [6.45, 7) is 8.28. The van der Waals surface area contributed by atoms with E-state index in [9.17, 15) is 14.9 Å². The molecule has 1 atom stereocenters. The van der Waals surface area contributed by atoms with Gasteiger partial charge in [-0.05, 0) is 38.8 Å². The number of nitrogens with one attached hydrogen (secondary N) is 1. The van der Waals surface area contributed by atoms with Gasteiger partial charge in [-0.25, -0.2) is 9.78 Å². The molecule has 1 saturated heterocycles. The summed E-state index contributed by atoms with van der Waals surface area (Å²) in [6.07, 6.45) is 0. The Morgan fingerprint density at radius 3 is 2.64 bits per heavy atom. The Morgan fingerprint density at radius 2 is 2.09 bits per heavy atom. The van der Waals surface area contributed by atoms with Crippen molar-refractivity contribution in [3.05, 3.63) is 22.4 Å². The van der Waals surface area contributed by atoms with Crippen LogP contribution in [0.3, 0.4) is 0 Å². The number of aryl methyl sites for hydroxylation is 1. The predicted molar refractivity (Wildman–Crippen MR) is 83.6 cm³/mol. The van der Waals surface area contributed by atoms with Crippen LogP contribution < -0.4 is 5.32 Å². The molecule has 1 N–H and O–H groups in total. The van der Waals surface area contributed by atoms with Crippen molar-refractivity contribution in [2.75, 3.05) is 13.1 Å². The van der Waals surface area contributed by atoms with Gasteiger partial charge in [-0.3, -0.25) is 9.69 Å². The number of imide groups is 1. The minimum atomic E-state index is -0.482. The summed E-state index contributed by atoms with van der Waals surface area (Å²) in [4.78, 5) is 29.5. The molecule has 2 rings (SSSR count). The van der Waals surface area contributed by atoms with Gasteiger partial charge in [0, 0.05) is 18.8 Å². The molecule has 1 aliphatic heterocycles. The summed E-state index contributed by atoms with van der Waals surface area (Å²) in [7, 11) is 0. The zero-order valence-corrected chi connectivity index (χ0v) is 13.9. The number of amides is 3. The molecule has 1 aromatic rings. The van der Waals surface area contributed by atoms with E-state index >= 15 is 0 Å². The van der Waals surface area contributed by atoms with Gasteiger partial charge in [-0.1, -0.05) is 11.8 Å².